The first kappa shape index (κ1) is 13.0. The highest BCUT2D eigenvalue weighted by atomic mass is 32.1. The van der Waals surface area contributed by atoms with Gasteiger partial charge in [0.1, 0.15) is 5.01 Å². The molecule has 0 saturated carbocycles. The molecule has 96 valence electrons. The number of rotatable bonds is 3. The smallest absolute Gasteiger partial charge is 0.107 e. The molecule has 2 atom stereocenters. The van der Waals surface area contributed by atoms with Crippen LogP contribution in [0.25, 0.3) is 0 Å². The minimum atomic E-state index is 0.658. The second-order valence-corrected chi connectivity index (χ2v) is 6.47. The van der Waals surface area contributed by atoms with E-state index in [0.717, 1.165) is 6.54 Å². The van der Waals surface area contributed by atoms with Crippen molar-refractivity contribution in [3.05, 3.63) is 15.6 Å². The van der Waals surface area contributed by atoms with Crippen LogP contribution in [-0.4, -0.2) is 35.6 Å². The molecule has 2 unspecified atom stereocenters. The minimum Gasteiger partial charge on any atom is -0.308 e. The van der Waals surface area contributed by atoms with E-state index in [1.54, 1.807) is 0 Å². The number of hydrogen-bond donors (Lipinski definition) is 1. The average Bonchev–Trinajstić information content (AvgIpc) is 2.60. The number of piperidine rings is 1. The molecule has 0 radical (unpaired) electrons. The Kier molecular flexibility index (Phi) is 4.17. The quantitative estimate of drug-likeness (QED) is 0.896. The van der Waals surface area contributed by atoms with Crippen molar-refractivity contribution in [3.63, 3.8) is 0 Å². The van der Waals surface area contributed by atoms with E-state index in [4.69, 9.17) is 0 Å². The van der Waals surface area contributed by atoms with Crippen molar-refractivity contribution in [1.29, 1.82) is 0 Å². The van der Waals surface area contributed by atoms with Gasteiger partial charge in [-0.2, -0.15) is 0 Å². The maximum atomic E-state index is 4.57. The number of likely N-dealkylation sites (tertiary alicyclic amines) is 1. The summed E-state index contributed by atoms with van der Waals surface area (Å²) in [5.41, 5.74) is 1.18. The summed E-state index contributed by atoms with van der Waals surface area (Å²) in [5.74, 6) is 0. The molecule has 1 saturated heterocycles. The van der Waals surface area contributed by atoms with Crippen LogP contribution < -0.4 is 5.32 Å². The standard InChI is InChI=1S/C13H23N3S/c1-9-7-12(5-6-16(9)4)14-8-13-15-10(2)11(3)17-13/h9,12,14H,5-8H2,1-4H3. The van der Waals surface area contributed by atoms with Crippen molar-refractivity contribution in [3.8, 4) is 0 Å². The summed E-state index contributed by atoms with van der Waals surface area (Å²) in [7, 11) is 2.22. The molecular formula is C13H23N3S. The van der Waals surface area contributed by atoms with E-state index in [1.807, 2.05) is 11.3 Å². The topological polar surface area (TPSA) is 28.2 Å². The Hall–Kier alpha value is -0.450. The van der Waals surface area contributed by atoms with Gasteiger partial charge in [0.25, 0.3) is 0 Å². The van der Waals surface area contributed by atoms with Gasteiger partial charge in [0.15, 0.2) is 0 Å². The van der Waals surface area contributed by atoms with Crippen LogP contribution in [0.4, 0.5) is 0 Å². The van der Waals surface area contributed by atoms with Gasteiger partial charge >= 0.3 is 0 Å². The van der Waals surface area contributed by atoms with E-state index in [9.17, 15) is 0 Å². The van der Waals surface area contributed by atoms with Crippen LogP contribution in [0.15, 0.2) is 0 Å². The third-order valence-electron chi connectivity index (χ3n) is 3.82. The second kappa shape index (κ2) is 5.46. The summed E-state index contributed by atoms with van der Waals surface area (Å²) in [4.78, 5) is 8.36. The van der Waals surface area contributed by atoms with Crippen LogP contribution >= 0.6 is 11.3 Å². The summed E-state index contributed by atoms with van der Waals surface area (Å²) in [6.45, 7) is 8.68. The highest BCUT2D eigenvalue weighted by Crippen LogP contribution is 2.18. The van der Waals surface area contributed by atoms with E-state index in [-0.39, 0.29) is 0 Å². The lowest BCUT2D eigenvalue weighted by molar-refractivity contribution is 0.168. The number of aryl methyl sites for hydroxylation is 2. The maximum Gasteiger partial charge on any atom is 0.107 e. The van der Waals surface area contributed by atoms with E-state index >= 15 is 0 Å². The molecule has 0 spiro atoms. The van der Waals surface area contributed by atoms with E-state index in [2.05, 4.69) is 43.0 Å². The molecule has 0 aromatic carbocycles. The molecule has 0 bridgehead atoms. The molecule has 0 aliphatic carbocycles. The Morgan fingerprint density at radius 1 is 1.47 bits per heavy atom. The third kappa shape index (κ3) is 3.27. The highest BCUT2D eigenvalue weighted by Gasteiger charge is 2.22. The SMILES string of the molecule is Cc1nc(CNC2CCN(C)C(C)C2)sc1C. The maximum absolute atomic E-state index is 4.57. The zero-order valence-corrected chi connectivity index (χ0v) is 12.1. The van der Waals surface area contributed by atoms with Crippen molar-refractivity contribution < 1.29 is 0 Å². The summed E-state index contributed by atoms with van der Waals surface area (Å²) >= 11 is 1.82. The van der Waals surface area contributed by atoms with E-state index in [0.29, 0.717) is 12.1 Å². The predicted octanol–water partition coefficient (Wildman–Crippen LogP) is 2.33. The summed E-state index contributed by atoms with van der Waals surface area (Å²) in [6, 6.07) is 1.35. The first-order chi connectivity index (χ1) is 8.06. The van der Waals surface area contributed by atoms with Crippen LogP contribution in [-0.2, 0) is 6.54 Å². The van der Waals surface area contributed by atoms with E-state index < -0.39 is 0 Å². The monoisotopic (exact) mass is 253 g/mol. The van der Waals surface area contributed by atoms with Crippen molar-refractivity contribution in [2.75, 3.05) is 13.6 Å². The minimum absolute atomic E-state index is 0.658. The Morgan fingerprint density at radius 2 is 2.24 bits per heavy atom. The number of nitrogens with one attached hydrogen (secondary N) is 1. The molecule has 2 heterocycles. The van der Waals surface area contributed by atoms with Crippen molar-refractivity contribution >= 4 is 11.3 Å². The summed E-state index contributed by atoms with van der Waals surface area (Å²) in [5, 5.41) is 4.88. The molecule has 1 aromatic heterocycles. The van der Waals surface area contributed by atoms with E-state index in [1.165, 1.54) is 35.0 Å². The number of hydrogen-bond acceptors (Lipinski definition) is 4. The summed E-state index contributed by atoms with van der Waals surface area (Å²) in [6.07, 6.45) is 2.50. The van der Waals surface area contributed by atoms with Crippen LogP contribution in [0.1, 0.15) is 35.3 Å². The second-order valence-electron chi connectivity index (χ2n) is 5.18. The van der Waals surface area contributed by atoms with Crippen LogP contribution in [0.5, 0.6) is 0 Å². The molecule has 0 amide bonds. The largest absolute Gasteiger partial charge is 0.308 e. The molecule has 1 fully saturated rings. The number of aromatic nitrogens is 1. The average molecular weight is 253 g/mol. The van der Waals surface area contributed by atoms with Gasteiger partial charge in [0.2, 0.25) is 0 Å². The fraction of sp³-hybridized carbons (Fsp3) is 0.769. The van der Waals surface area contributed by atoms with Gasteiger partial charge in [-0.3, -0.25) is 0 Å². The Bertz CT molecular complexity index is 355. The van der Waals surface area contributed by atoms with Gasteiger partial charge in [-0.05, 0) is 47.2 Å². The lowest BCUT2D eigenvalue weighted by Crippen LogP contribution is -2.45. The van der Waals surface area contributed by atoms with Gasteiger partial charge in [-0.15, -0.1) is 11.3 Å². The predicted molar refractivity (Wildman–Crippen MR) is 73.5 cm³/mol. The molecule has 1 aromatic rings. The van der Waals surface area contributed by atoms with Crippen LogP contribution in [0, 0.1) is 13.8 Å². The van der Waals surface area contributed by atoms with Crippen molar-refractivity contribution in [2.45, 2.75) is 52.2 Å². The molecule has 4 heteroatoms. The van der Waals surface area contributed by atoms with Gasteiger partial charge in [0.05, 0.1) is 5.69 Å². The van der Waals surface area contributed by atoms with Crippen LogP contribution in [0.2, 0.25) is 0 Å². The molecule has 1 aliphatic rings. The first-order valence-electron chi connectivity index (χ1n) is 6.42. The molecule has 1 aliphatic heterocycles. The van der Waals surface area contributed by atoms with Crippen LogP contribution in [0.3, 0.4) is 0 Å². The zero-order valence-electron chi connectivity index (χ0n) is 11.3. The molecule has 3 nitrogen and oxygen atoms in total. The zero-order chi connectivity index (χ0) is 12.4. The Balaban J connectivity index is 1.82. The number of nitrogens with zero attached hydrogens (tertiary/aromatic N) is 2. The van der Waals surface area contributed by atoms with Gasteiger partial charge < -0.3 is 10.2 Å². The summed E-state index contributed by atoms with van der Waals surface area (Å²) < 4.78 is 0. The Morgan fingerprint density at radius 3 is 2.82 bits per heavy atom. The van der Waals surface area contributed by atoms with Gasteiger partial charge in [-0.25, -0.2) is 4.98 Å². The molecule has 1 N–H and O–H groups in total. The fourth-order valence-corrected chi connectivity index (χ4v) is 3.21. The first-order valence-corrected chi connectivity index (χ1v) is 7.24. The molecule has 17 heavy (non-hydrogen) atoms. The van der Waals surface area contributed by atoms with Crippen molar-refractivity contribution in [2.24, 2.45) is 0 Å². The lowest BCUT2D eigenvalue weighted by atomic mass is 9.99. The molecule has 2 rings (SSSR count). The lowest BCUT2D eigenvalue weighted by Gasteiger charge is -2.35. The highest BCUT2D eigenvalue weighted by molar-refractivity contribution is 7.11. The number of thiazole rings is 1. The Labute approximate surface area is 108 Å². The normalized spacial score (nSPS) is 26.4. The third-order valence-corrected chi connectivity index (χ3v) is 4.90. The van der Waals surface area contributed by atoms with Crippen molar-refractivity contribution in [1.82, 2.24) is 15.2 Å². The van der Waals surface area contributed by atoms with Gasteiger partial charge in [-0.1, -0.05) is 0 Å². The van der Waals surface area contributed by atoms with Gasteiger partial charge in [0, 0.05) is 23.5 Å². The fourth-order valence-electron chi connectivity index (χ4n) is 2.32. The molecular weight excluding hydrogens is 230 g/mol.